The monoisotopic (exact) mass is 337 g/mol. The van der Waals surface area contributed by atoms with Gasteiger partial charge in [-0.2, -0.15) is 10.2 Å². The minimum absolute atomic E-state index is 0.0857. The number of sulfone groups is 1. The fourth-order valence-electron chi connectivity index (χ4n) is 2.99. The van der Waals surface area contributed by atoms with Gasteiger partial charge in [0.15, 0.2) is 9.84 Å². The van der Waals surface area contributed by atoms with Gasteiger partial charge in [-0.1, -0.05) is 6.92 Å². The molecule has 23 heavy (non-hydrogen) atoms. The van der Waals surface area contributed by atoms with Crippen LogP contribution in [0.15, 0.2) is 23.4 Å². The van der Waals surface area contributed by atoms with Crippen molar-refractivity contribution in [3.8, 4) is 0 Å². The summed E-state index contributed by atoms with van der Waals surface area (Å²) in [4.78, 5) is 14.3. The number of H-pyrrole nitrogens is 2. The van der Waals surface area contributed by atoms with E-state index >= 15 is 0 Å². The summed E-state index contributed by atoms with van der Waals surface area (Å²) in [7, 11) is -3.33. The van der Waals surface area contributed by atoms with Crippen molar-refractivity contribution < 1.29 is 13.2 Å². The molecule has 3 rings (SSSR count). The number of hydrogen-bond acceptors (Lipinski definition) is 5. The van der Waals surface area contributed by atoms with Crippen molar-refractivity contribution >= 4 is 15.7 Å². The fraction of sp³-hybridized carbons (Fsp3) is 0.500. The molecule has 8 nitrogen and oxygen atoms in total. The molecule has 2 aromatic rings. The molecular weight excluding hydrogens is 318 g/mol. The molecule has 0 saturated carbocycles. The van der Waals surface area contributed by atoms with Gasteiger partial charge in [0.05, 0.1) is 11.9 Å². The average molecular weight is 337 g/mol. The van der Waals surface area contributed by atoms with Gasteiger partial charge in [-0.15, -0.1) is 0 Å². The number of aromatic amines is 2. The van der Waals surface area contributed by atoms with Crippen LogP contribution in [0.2, 0.25) is 0 Å². The van der Waals surface area contributed by atoms with Crippen molar-refractivity contribution in [1.82, 2.24) is 25.3 Å². The molecule has 3 heterocycles. The second-order valence-electron chi connectivity index (χ2n) is 6.20. The molecule has 1 aliphatic heterocycles. The zero-order valence-electron chi connectivity index (χ0n) is 13.0. The van der Waals surface area contributed by atoms with Gasteiger partial charge in [0.2, 0.25) is 0 Å². The number of piperidine rings is 1. The van der Waals surface area contributed by atoms with Crippen molar-refractivity contribution in [3.05, 3.63) is 29.8 Å². The first-order valence-electron chi connectivity index (χ1n) is 7.34. The Morgan fingerprint density at radius 2 is 1.96 bits per heavy atom. The molecule has 1 aliphatic rings. The minimum Gasteiger partial charge on any atom is -0.337 e. The molecular formula is C14H19N5O3S. The number of likely N-dealkylation sites (tertiary alicyclic amines) is 1. The van der Waals surface area contributed by atoms with Gasteiger partial charge >= 0.3 is 0 Å². The van der Waals surface area contributed by atoms with E-state index in [1.807, 2.05) is 6.92 Å². The number of nitrogens with zero attached hydrogens (tertiary/aromatic N) is 3. The molecule has 0 unspecified atom stereocenters. The number of amides is 1. The summed E-state index contributed by atoms with van der Waals surface area (Å²) in [6, 6.07) is 1.65. The number of carbonyl (C=O) groups excluding carboxylic acids is 1. The molecule has 1 saturated heterocycles. The van der Waals surface area contributed by atoms with Crippen molar-refractivity contribution in [2.24, 2.45) is 0 Å². The van der Waals surface area contributed by atoms with Gasteiger partial charge in [0, 0.05) is 31.0 Å². The van der Waals surface area contributed by atoms with Crippen LogP contribution in [0.5, 0.6) is 0 Å². The SMILES string of the molecule is CC1(c2[nH]ncc2S(C)(=O)=O)CCN(C(=O)c2ccn[nH]2)CC1. The first-order chi connectivity index (χ1) is 10.8. The van der Waals surface area contributed by atoms with Gasteiger partial charge in [-0.05, 0) is 18.9 Å². The normalized spacial score (nSPS) is 18.1. The zero-order chi connectivity index (χ0) is 16.7. The van der Waals surface area contributed by atoms with Crippen molar-refractivity contribution in [2.45, 2.75) is 30.1 Å². The molecule has 0 spiro atoms. The molecule has 0 aliphatic carbocycles. The van der Waals surface area contributed by atoms with Crippen LogP contribution in [0, 0.1) is 0 Å². The van der Waals surface area contributed by atoms with Gasteiger partial charge in [-0.25, -0.2) is 8.42 Å². The molecule has 124 valence electrons. The Labute approximate surface area is 134 Å². The Kier molecular flexibility index (Phi) is 3.75. The molecule has 9 heteroatoms. The van der Waals surface area contributed by atoms with Gasteiger partial charge in [0.1, 0.15) is 10.6 Å². The van der Waals surface area contributed by atoms with Crippen LogP contribution in [-0.2, 0) is 15.3 Å². The Hall–Kier alpha value is -2.16. The Balaban J connectivity index is 1.78. The lowest BCUT2D eigenvalue weighted by Crippen LogP contribution is -2.44. The summed E-state index contributed by atoms with van der Waals surface area (Å²) < 4.78 is 23.8. The van der Waals surface area contributed by atoms with Gasteiger partial charge in [0.25, 0.3) is 5.91 Å². The highest BCUT2D eigenvalue weighted by Gasteiger charge is 2.38. The van der Waals surface area contributed by atoms with E-state index in [1.54, 1.807) is 17.2 Å². The van der Waals surface area contributed by atoms with Gasteiger partial charge in [-0.3, -0.25) is 15.0 Å². The van der Waals surface area contributed by atoms with E-state index < -0.39 is 9.84 Å². The summed E-state index contributed by atoms with van der Waals surface area (Å²) in [5.74, 6) is -0.0857. The standard InChI is InChI=1S/C14H19N5O3S/c1-14(12-11(9-16-18-12)23(2,21)22)4-7-19(8-5-14)13(20)10-3-6-15-17-10/h3,6,9H,4-5,7-8H2,1-2H3,(H,15,17)(H,16,18). The zero-order valence-corrected chi connectivity index (χ0v) is 13.9. The summed E-state index contributed by atoms with van der Waals surface area (Å²) in [5.41, 5.74) is 0.750. The third-order valence-corrected chi connectivity index (χ3v) is 5.60. The van der Waals surface area contributed by atoms with Crippen LogP contribution in [0.25, 0.3) is 0 Å². The summed E-state index contributed by atoms with van der Waals surface area (Å²) >= 11 is 0. The second-order valence-corrected chi connectivity index (χ2v) is 8.19. The lowest BCUT2D eigenvalue weighted by molar-refractivity contribution is 0.0666. The summed E-state index contributed by atoms with van der Waals surface area (Å²) in [5, 5.41) is 13.2. The highest BCUT2D eigenvalue weighted by atomic mass is 32.2. The van der Waals surface area contributed by atoms with Crippen molar-refractivity contribution in [2.75, 3.05) is 19.3 Å². The number of rotatable bonds is 3. The van der Waals surface area contributed by atoms with E-state index in [4.69, 9.17) is 0 Å². The molecule has 0 radical (unpaired) electrons. The van der Waals surface area contributed by atoms with Crippen molar-refractivity contribution in [3.63, 3.8) is 0 Å². The van der Waals surface area contributed by atoms with Crippen LogP contribution in [-0.4, -0.2) is 59.0 Å². The second kappa shape index (κ2) is 5.48. The van der Waals surface area contributed by atoms with E-state index in [0.29, 0.717) is 37.3 Å². The smallest absolute Gasteiger partial charge is 0.271 e. The maximum Gasteiger partial charge on any atom is 0.271 e. The van der Waals surface area contributed by atoms with Crippen LogP contribution < -0.4 is 0 Å². The average Bonchev–Trinajstić information content (AvgIpc) is 3.18. The Morgan fingerprint density at radius 1 is 1.26 bits per heavy atom. The Bertz CT molecular complexity index is 801. The summed E-state index contributed by atoms with van der Waals surface area (Å²) in [6.45, 7) is 3.11. The quantitative estimate of drug-likeness (QED) is 0.857. The van der Waals surface area contributed by atoms with E-state index in [9.17, 15) is 13.2 Å². The number of nitrogens with one attached hydrogen (secondary N) is 2. The maximum atomic E-state index is 12.3. The maximum absolute atomic E-state index is 12.3. The number of hydrogen-bond donors (Lipinski definition) is 2. The minimum atomic E-state index is -3.33. The number of aromatic nitrogens is 4. The lowest BCUT2D eigenvalue weighted by Gasteiger charge is -2.39. The molecule has 2 aromatic heterocycles. The van der Waals surface area contributed by atoms with E-state index in [-0.39, 0.29) is 16.2 Å². The topological polar surface area (TPSA) is 112 Å². The number of carbonyl (C=O) groups is 1. The van der Waals surface area contributed by atoms with Crippen LogP contribution in [0.3, 0.4) is 0 Å². The van der Waals surface area contributed by atoms with Crippen LogP contribution in [0.4, 0.5) is 0 Å². The van der Waals surface area contributed by atoms with Gasteiger partial charge < -0.3 is 4.90 Å². The van der Waals surface area contributed by atoms with E-state index in [0.717, 1.165) is 0 Å². The van der Waals surface area contributed by atoms with Crippen LogP contribution >= 0.6 is 0 Å². The van der Waals surface area contributed by atoms with E-state index in [1.165, 1.54) is 12.5 Å². The molecule has 0 aromatic carbocycles. The van der Waals surface area contributed by atoms with Crippen LogP contribution in [0.1, 0.15) is 35.9 Å². The molecule has 1 fully saturated rings. The first kappa shape index (κ1) is 15.7. The predicted octanol–water partition coefficient (Wildman–Crippen LogP) is 0.730. The highest BCUT2D eigenvalue weighted by Crippen LogP contribution is 2.37. The molecule has 1 amide bonds. The largest absolute Gasteiger partial charge is 0.337 e. The Morgan fingerprint density at radius 3 is 2.52 bits per heavy atom. The molecule has 0 bridgehead atoms. The van der Waals surface area contributed by atoms with E-state index in [2.05, 4.69) is 20.4 Å². The third-order valence-electron chi connectivity index (χ3n) is 4.49. The highest BCUT2D eigenvalue weighted by molar-refractivity contribution is 7.90. The third kappa shape index (κ3) is 2.88. The summed E-state index contributed by atoms with van der Waals surface area (Å²) in [6.07, 6.45) is 5.42. The lowest BCUT2D eigenvalue weighted by atomic mass is 9.77. The predicted molar refractivity (Wildman–Crippen MR) is 82.8 cm³/mol. The molecule has 2 N–H and O–H groups in total. The van der Waals surface area contributed by atoms with Crippen molar-refractivity contribution in [1.29, 1.82) is 0 Å². The molecule has 0 atom stereocenters. The first-order valence-corrected chi connectivity index (χ1v) is 9.23. The fourth-order valence-corrected chi connectivity index (χ4v) is 3.89.